The van der Waals surface area contributed by atoms with Gasteiger partial charge in [0, 0.05) is 0 Å². The highest BCUT2D eigenvalue weighted by Gasteiger charge is 2.19. The molecule has 0 aliphatic carbocycles. The van der Waals surface area contributed by atoms with Crippen molar-refractivity contribution in [2.24, 2.45) is 0 Å². The molecule has 0 saturated heterocycles. The van der Waals surface area contributed by atoms with Crippen molar-refractivity contribution in [1.29, 1.82) is 0 Å². The molecule has 0 bridgehead atoms. The summed E-state index contributed by atoms with van der Waals surface area (Å²) in [5.74, 6) is 2.52. The molecule has 1 unspecified atom stereocenters. The monoisotopic (exact) mass is 259 g/mol. The van der Waals surface area contributed by atoms with Crippen LogP contribution in [-0.4, -0.2) is 19.8 Å². The van der Waals surface area contributed by atoms with Crippen LogP contribution in [0.25, 0.3) is 0 Å². The second kappa shape index (κ2) is 5.36. The summed E-state index contributed by atoms with van der Waals surface area (Å²) < 4.78 is 16.7. The van der Waals surface area contributed by atoms with Crippen LogP contribution in [0.3, 0.4) is 0 Å². The Kier molecular flexibility index (Phi) is 3.42. The molecular weight excluding hydrogens is 242 g/mol. The SMILES string of the molecule is CCNC(c1ccc2c(c1)OCCO2)c1ccco1. The minimum Gasteiger partial charge on any atom is -0.486 e. The van der Waals surface area contributed by atoms with Crippen molar-refractivity contribution in [3.63, 3.8) is 0 Å². The summed E-state index contributed by atoms with van der Waals surface area (Å²) in [5.41, 5.74) is 1.11. The maximum atomic E-state index is 5.63. The first-order chi connectivity index (χ1) is 9.38. The highest BCUT2D eigenvalue weighted by molar-refractivity contribution is 5.45. The van der Waals surface area contributed by atoms with E-state index in [9.17, 15) is 0 Å². The molecule has 1 N–H and O–H groups in total. The van der Waals surface area contributed by atoms with Crippen LogP contribution >= 0.6 is 0 Å². The summed E-state index contributed by atoms with van der Waals surface area (Å²) in [4.78, 5) is 0. The topological polar surface area (TPSA) is 43.6 Å². The zero-order valence-electron chi connectivity index (χ0n) is 10.9. The molecule has 100 valence electrons. The van der Waals surface area contributed by atoms with Crippen molar-refractivity contribution in [2.45, 2.75) is 13.0 Å². The van der Waals surface area contributed by atoms with Crippen molar-refractivity contribution in [3.8, 4) is 11.5 Å². The van der Waals surface area contributed by atoms with Crippen molar-refractivity contribution < 1.29 is 13.9 Å². The standard InChI is InChI=1S/C15H17NO3/c1-2-16-15(13-4-3-7-17-13)11-5-6-12-14(10-11)19-9-8-18-12/h3-7,10,15-16H,2,8-9H2,1H3. The lowest BCUT2D eigenvalue weighted by Gasteiger charge is -2.21. The maximum absolute atomic E-state index is 5.63. The number of ether oxygens (including phenoxy) is 2. The molecule has 4 heteroatoms. The average molecular weight is 259 g/mol. The third-order valence-electron chi connectivity index (χ3n) is 3.14. The zero-order valence-corrected chi connectivity index (χ0v) is 10.9. The molecule has 0 fully saturated rings. The van der Waals surface area contributed by atoms with Crippen LogP contribution in [-0.2, 0) is 0 Å². The number of nitrogens with one attached hydrogen (secondary N) is 1. The number of rotatable bonds is 4. The molecule has 0 radical (unpaired) electrons. The Morgan fingerprint density at radius 2 is 2.00 bits per heavy atom. The van der Waals surface area contributed by atoms with E-state index in [1.807, 2.05) is 30.3 Å². The Bertz CT molecular complexity index is 536. The number of furan rings is 1. The number of hydrogen-bond donors (Lipinski definition) is 1. The van der Waals surface area contributed by atoms with E-state index in [2.05, 4.69) is 12.2 Å². The molecule has 1 aliphatic heterocycles. The van der Waals surface area contributed by atoms with E-state index in [0.717, 1.165) is 29.4 Å². The summed E-state index contributed by atoms with van der Waals surface area (Å²) in [5, 5.41) is 3.42. The van der Waals surface area contributed by atoms with Gasteiger partial charge in [0.15, 0.2) is 11.5 Å². The number of hydrogen-bond acceptors (Lipinski definition) is 4. The Hall–Kier alpha value is -1.94. The summed E-state index contributed by atoms with van der Waals surface area (Å²) >= 11 is 0. The van der Waals surface area contributed by atoms with Gasteiger partial charge in [0.25, 0.3) is 0 Å². The molecule has 4 nitrogen and oxygen atoms in total. The lowest BCUT2D eigenvalue weighted by Crippen LogP contribution is -2.22. The number of fused-ring (bicyclic) bond motifs is 1. The lowest BCUT2D eigenvalue weighted by molar-refractivity contribution is 0.171. The van der Waals surface area contributed by atoms with Gasteiger partial charge in [-0.25, -0.2) is 0 Å². The minimum atomic E-state index is 0.0378. The average Bonchev–Trinajstić information content (AvgIpc) is 2.98. The summed E-state index contributed by atoms with van der Waals surface area (Å²) in [6, 6.07) is 9.93. The predicted octanol–water partition coefficient (Wildman–Crippen LogP) is 2.75. The first-order valence-electron chi connectivity index (χ1n) is 6.55. The van der Waals surface area contributed by atoms with Crippen molar-refractivity contribution in [2.75, 3.05) is 19.8 Å². The van der Waals surface area contributed by atoms with Crippen LogP contribution in [0.2, 0.25) is 0 Å². The molecule has 19 heavy (non-hydrogen) atoms. The van der Waals surface area contributed by atoms with Gasteiger partial charge < -0.3 is 19.2 Å². The fourth-order valence-electron chi connectivity index (χ4n) is 2.28. The molecule has 0 spiro atoms. The fourth-order valence-corrected chi connectivity index (χ4v) is 2.28. The smallest absolute Gasteiger partial charge is 0.161 e. The molecule has 0 saturated carbocycles. The van der Waals surface area contributed by atoms with Gasteiger partial charge in [-0.05, 0) is 36.4 Å². The molecule has 1 aromatic carbocycles. The van der Waals surface area contributed by atoms with Gasteiger partial charge >= 0.3 is 0 Å². The van der Waals surface area contributed by atoms with Crippen LogP contribution in [0.5, 0.6) is 11.5 Å². The van der Waals surface area contributed by atoms with Crippen molar-refractivity contribution in [3.05, 3.63) is 47.9 Å². The van der Waals surface area contributed by atoms with E-state index in [1.54, 1.807) is 6.26 Å². The van der Waals surface area contributed by atoms with E-state index in [4.69, 9.17) is 13.9 Å². The van der Waals surface area contributed by atoms with Crippen LogP contribution < -0.4 is 14.8 Å². The summed E-state index contributed by atoms with van der Waals surface area (Å²) in [7, 11) is 0. The van der Waals surface area contributed by atoms with Crippen LogP contribution in [0, 0.1) is 0 Å². The van der Waals surface area contributed by atoms with E-state index in [-0.39, 0.29) is 6.04 Å². The highest BCUT2D eigenvalue weighted by Crippen LogP contribution is 2.34. The molecule has 1 aromatic heterocycles. The second-order valence-corrected chi connectivity index (χ2v) is 4.41. The van der Waals surface area contributed by atoms with Gasteiger partial charge in [-0.15, -0.1) is 0 Å². The number of benzene rings is 1. The molecular formula is C15H17NO3. The van der Waals surface area contributed by atoms with Crippen LogP contribution in [0.1, 0.15) is 24.3 Å². The third kappa shape index (κ3) is 2.44. The zero-order chi connectivity index (χ0) is 13.1. The van der Waals surface area contributed by atoms with Crippen LogP contribution in [0.15, 0.2) is 41.0 Å². The van der Waals surface area contributed by atoms with Gasteiger partial charge in [-0.3, -0.25) is 0 Å². The largest absolute Gasteiger partial charge is 0.486 e. The molecule has 0 amide bonds. The quantitative estimate of drug-likeness (QED) is 0.917. The van der Waals surface area contributed by atoms with Gasteiger partial charge in [0.2, 0.25) is 0 Å². The van der Waals surface area contributed by atoms with E-state index in [0.29, 0.717) is 13.2 Å². The first kappa shape index (κ1) is 12.1. The Balaban J connectivity index is 1.94. The third-order valence-corrected chi connectivity index (χ3v) is 3.14. The lowest BCUT2D eigenvalue weighted by atomic mass is 10.0. The predicted molar refractivity (Wildman–Crippen MR) is 71.7 cm³/mol. The van der Waals surface area contributed by atoms with Crippen LogP contribution in [0.4, 0.5) is 0 Å². The van der Waals surface area contributed by atoms with Gasteiger partial charge in [-0.2, -0.15) is 0 Å². The molecule has 1 aliphatic rings. The van der Waals surface area contributed by atoms with Crippen molar-refractivity contribution in [1.82, 2.24) is 5.32 Å². The molecule has 2 heterocycles. The van der Waals surface area contributed by atoms with E-state index in [1.165, 1.54) is 0 Å². The van der Waals surface area contributed by atoms with Gasteiger partial charge in [-0.1, -0.05) is 13.0 Å². The first-order valence-corrected chi connectivity index (χ1v) is 6.55. The Labute approximate surface area is 112 Å². The summed E-state index contributed by atoms with van der Waals surface area (Å²) in [6.45, 7) is 4.15. The molecule has 2 aromatic rings. The highest BCUT2D eigenvalue weighted by atomic mass is 16.6. The van der Waals surface area contributed by atoms with Gasteiger partial charge in [0.1, 0.15) is 19.0 Å². The maximum Gasteiger partial charge on any atom is 0.161 e. The molecule has 3 rings (SSSR count). The van der Waals surface area contributed by atoms with Crippen molar-refractivity contribution >= 4 is 0 Å². The summed E-state index contributed by atoms with van der Waals surface area (Å²) in [6.07, 6.45) is 1.69. The molecule has 1 atom stereocenters. The van der Waals surface area contributed by atoms with E-state index < -0.39 is 0 Å². The Morgan fingerprint density at radius 3 is 2.74 bits per heavy atom. The fraction of sp³-hybridized carbons (Fsp3) is 0.333. The van der Waals surface area contributed by atoms with Gasteiger partial charge in [0.05, 0.1) is 12.3 Å². The second-order valence-electron chi connectivity index (χ2n) is 4.41. The van der Waals surface area contributed by atoms with E-state index >= 15 is 0 Å². The normalized spacial score (nSPS) is 15.2. The Morgan fingerprint density at radius 1 is 1.16 bits per heavy atom. The minimum absolute atomic E-state index is 0.0378.